The molecule has 1 fully saturated rings. The summed E-state index contributed by atoms with van der Waals surface area (Å²) >= 11 is 1.94. The fourth-order valence-corrected chi connectivity index (χ4v) is 3.19. The van der Waals surface area contributed by atoms with Crippen LogP contribution in [0, 0.1) is 0 Å². The first-order valence-electron chi connectivity index (χ1n) is 7.21. The van der Waals surface area contributed by atoms with Crippen LogP contribution in [0.25, 0.3) is 0 Å². The molecule has 1 heterocycles. The summed E-state index contributed by atoms with van der Waals surface area (Å²) < 4.78 is 10.5. The number of carbonyl (C=O) groups excluding carboxylic acids is 1. The number of nitrogens with two attached hydrogens (primary N) is 1. The summed E-state index contributed by atoms with van der Waals surface area (Å²) in [6.07, 6.45) is 5.61. The number of thioether (sulfide) groups is 1. The van der Waals surface area contributed by atoms with E-state index in [-0.39, 0.29) is 5.97 Å². The maximum absolute atomic E-state index is 11.6. The van der Waals surface area contributed by atoms with Crippen LogP contribution in [0.15, 0.2) is 0 Å². The molecule has 1 aliphatic rings. The third kappa shape index (κ3) is 6.63. The van der Waals surface area contributed by atoms with Crippen LogP contribution in [0.4, 0.5) is 0 Å². The zero-order chi connectivity index (χ0) is 14.1. The van der Waals surface area contributed by atoms with Gasteiger partial charge in [-0.05, 0) is 45.3 Å². The van der Waals surface area contributed by atoms with E-state index in [9.17, 15) is 4.79 Å². The standard InChI is InChI=1S/C14H27NO3S/c1-3-17-13(16)14(2,15)8-4-5-10-19-11-12-7-6-9-18-12/h12H,3-11,15H2,1-2H3. The summed E-state index contributed by atoms with van der Waals surface area (Å²) in [5.41, 5.74) is 5.12. The summed E-state index contributed by atoms with van der Waals surface area (Å²) in [6, 6.07) is 0. The average molecular weight is 289 g/mol. The number of rotatable bonds is 9. The molecule has 2 N–H and O–H groups in total. The number of esters is 1. The molecule has 0 spiro atoms. The van der Waals surface area contributed by atoms with Crippen molar-refractivity contribution in [1.82, 2.24) is 0 Å². The Morgan fingerprint density at radius 2 is 2.32 bits per heavy atom. The van der Waals surface area contributed by atoms with E-state index in [1.807, 2.05) is 11.8 Å². The zero-order valence-electron chi connectivity index (χ0n) is 12.2. The van der Waals surface area contributed by atoms with Crippen LogP contribution in [0.5, 0.6) is 0 Å². The van der Waals surface area contributed by atoms with Crippen molar-refractivity contribution in [3.8, 4) is 0 Å². The largest absolute Gasteiger partial charge is 0.465 e. The molecule has 0 saturated carbocycles. The maximum Gasteiger partial charge on any atom is 0.325 e. The average Bonchev–Trinajstić information content (AvgIpc) is 2.87. The number of unbranched alkanes of at least 4 members (excludes halogenated alkanes) is 1. The highest BCUT2D eigenvalue weighted by Gasteiger charge is 2.28. The lowest BCUT2D eigenvalue weighted by Gasteiger charge is -2.21. The SMILES string of the molecule is CCOC(=O)C(C)(N)CCCCSCC1CCCO1. The van der Waals surface area contributed by atoms with Crippen molar-refractivity contribution in [3.05, 3.63) is 0 Å². The highest BCUT2D eigenvalue weighted by Crippen LogP contribution is 2.19. The van der Waals surface area contributed by atoms with Gasteiger partial charge in [-0.25, -0.2) is 0 Å². The van der Waals surface area contributed by atoms with Crippen LogP contribution in [0.2, 0.25) is 0 Å². The van der Waals surface area contributed by atoms with Crippen LogP contribution in [0.3, 0.4) is 0 Å². The lowest BCUT2D eigenvalue weighted by Crippen LogP contribution is -2.46. The minimum atomic E-state index is -0.838. The number of hydrogen-bond donors (Lipinski definition) is 1. The van der Waals surface area contributed by atoms with Gasteiger partial charge in [0.1, 0.15) is 5.54 Å². The predicted octanol–water partition coefficient (Wildman–Crippen LogP) is 2.35. The van der Waals surface area contributed by atoms with E-state index in [1.165, 1.54) is 12.8 Å². The second-order valence-corrected chi connectivity index (χ2v) is 6.45. The quantitative estimate of drug-likeness (QED) is 0.521. The minimum absolute atomic E-state index is 0.290. The molecular weight excluding hydrogens is 262 g/mol. The minimum Gasteiger partial charge on any atom is -0.465 e. The molecule has 0 aromatic heterocycles. The monoisotopic (exact) mass is 289 g/mol. The van der Waals surface area contributed by atoms with Gasteiger partial charge in [-0.3, -0.25) is 4.79 Å². The van der Waals surface area contributed by atoms with Gasteiger partial charge in [0, 0.05) is 12.4 Å². The molecule has 2 atom stereocenters. The molecule has 1 rings (SSSR count). The molecule has 0 radical (unpaired) electrons. The third-order valence-electron chi connectivity index (χ3n) is 3.30. The number of ether oxygens (including phenoxy) is 2. The molecule has 0 amide bonds. The Labute approximate surface area is 120 Å². The van der Waals surface area contributed by atoms with Gasteiger partial charge in [-0.2, -0.15) is 11.8 Å². The second-order valence-electron chi connectivity index (χ2n) is 5.30. The molecule has 5 heteroatoms. The normalized spacial score (nSPS) is 22.2. The van der Waals surface area contributed by atoms with Gasteiger partial charge in [0.25, 0.3) is 0 Å². The molecule has 0 aromatic rings. The Balaban J connectivity index is 2.01. The Bertz CT molecular complexity index is 265. The first-order valence-corrected chi connectivity index (χ1v) is 8.37. The first-order chi connectivity index (χ1) is 9.06. The van der Waals surface area contributed by atoms with E-state index in [4.69, 9.17) is 15.2 Å². The van der Waals surface area contributed by atoms with Gasteiger partial charge >= 0.3 is 5.97 Å². The summed E-state index contributed by atoms with van der Waals surface area (Å²) in [5.74, 6) is 1.92. The maximum atomic E-state index is 11.6. The van der Waals surface area contributed by atoms with E-state index < -0.39 is 5.54 Å². The zero-order valence-corrected chi connectivity index (χ0v) is 13.0. The van der Waals surface area contributed by atoms with Crippen LogP contribution in [-0.2, 0) is 14.3 Å². The van der Waals surface area contributed by atoms with Crippen molar-refractivity contribution < 1.29 is 14.3 Å². The Morgan fingerprint density at radius 1 is 1.53 bits per heavy atom. The van der Waals surface area contributed by atoms with Gasteiger partial charge in [0.15, 0.2) is 0 Å². The van der Waals surface area contributed by atoms with E-state index in [2.05, 4.69) is 0 Å². The van der Waals surface area contributed by atoms with Gasteiger partial charge in [-0.15, -0.1) is 0 Å². The molecule has 0 bridgehead atoms. The molecule has 2 unspecified atom stereocenters. The van der Waals surface area contributed by atoms with Crippen molar-refractivity contribution in [2.24, 2.45) is 5.73 Å². The van der Waals surface area contributed by atoms with E-state index >= 15 is 0 Å². The topological polar surface area (TPSA) is 61.5 Å². The molecule has 19 heavy (non-hydrogen) atoms. The number of carbonyl (C=O) groups is 1. The smallest absolute Gasteiger partial charge is 0.325 e. The van der Waals surface area contributed by atoms with Gasteiger partial charge in [0.2, 0.25) is 0 Å². The summed E-state index contributed by atoms with van der Waals surface area (Å²) in [5, 5.41) is 0. The van der Waals surface area contributed by atoms with E-state index in [0.717, 1.165) is 31.0 Å². The van der Waals surface area contributed by atoms with Gasteiger partial charge in [-0.1, -0.05) is 6.42 Å². The van der Waals surface area contributed by atoms with Crippen molar-refractivity contribution in [3.63, 3.8) is 0 Å². The summed E-state index contributed by atoms with van der Waals surface area (Å²) in [6.45, 7) is 4.87. The van der Waals surface area contributed by atoms with Crippen LogP contribution < -0.4 is 5.73 Å². The Kier molecular flexibility index (Phi) is 7.80. The molecule has 112 valence electrons. The molecule has 1 saturated heterocycles. The van der Waals surface area contributed by atoms with Gasteiger partial charge < -0.3 is 15.2 Å². The number of hydrogen-bond acceptors (Lipinski definition) is 5. The van der Waals surface area contributed by atoms with Crippen LogP contribution in [-0.4, -0.2) is 42.3 Å². The Morgan fingerprint density at radius 3 is 2.95 bits per heavy atom. The summed E-state index contributed by atoms with van der Waals surface area (Å²) in [4.78, 5) is 11.6. The van der Waals surface area contributed by atoms with E-state index in [0.29, 0.717) is 19.1 Å². The van der Waals surface area contributed by atoms with Crippen LogP contribution in [0.1, 0.15) is 46.0 Å². The predicted molar refractivity (Wildman–Crippen MR) is 79.4 cm³/mol. The van der Waals surface area contributed by atoms with Crippen LogP contribution >= 0.6 is 11.8 Å². The molecule has 0 aromatic carbocycles. The summed E-state index contributed by atoms with van der Waals surface area (Å²) in [7, 11) is 0. The molecule has 1 aliphatic heterocycles. The Hall–Kier alpha value is -0.260. The van der Waals surface area contributed by atoms with Crippen molar-refractivity contribution in [2.45, 2.75) is 57.6 Å². The fraction of sp³-hybridized carbons (Fsp3) is 0.929. The molecule has 4 nitrogen and oxygen atoms in total. The molecular formula is C14H27NO3S. The van der Waals surface area contributed by atoms with Crippen molar-refractivity contribution in [2.75, 3.05) is 24.7 Å². The third-order valence-corrected chi connectivity index (χ3v) is 4.49. The molecule has 0 aliphatic carbocycles. The van der Waals surface area contributed by atoms with E-state index in [1.54, 1.807) is 13.8 Å². The lowest BCUT2D eigenvalue weighted by molar-refractivity contribution is -0.149. The highest BCUT2D eigenvalue weighted by molar-refractivity contribution is 7.99. The van der Waals surface area contributed by atoms with Gasteiger partial charge in [0.05, 0.1) is 12.7 Å². The lowest BCUT2D eigenvalue weighted by atomic mass is 9.96. The fourth-order valence-electron chi connectivity index (χ4n) is 2.08. The van der Waals surface area contributed by atoms with Crippen molar-refractivity contribution in [1.29, 1.82) is 0 Å². The second kappa shape index (κ2) is 8.82. The van der Waals surface area contributed by atoms with Crippen molar-refractivity contribution >= 4 is 17.7 Å². The highest BCUT2D eigenvalue weighted by atomic mass is 32.2. The first kappa shape index (κ1) is 16.8.